The van der Waals surface area contributed by atoms with Crippen molar-refractivity contribution in [1.29, 1.82) is 0 Å². The summed E-state index contributed by atoms with van der Waals surface area (Å²) in [6, 6.07) is 0. The Morgan fingerprint density at radius 1 is 1.53 bits per heavy atom. The second-order valence-electron chi connectivity index (χ2n) is 4.84. The van der Waals surface area contributed by atoms with E-state index in [1.165, 1.54) is 18.2 Å². The van der Waals surface area contributed by atoms with E-state index in [1.54, 1.807) is 5.57 Å². The summed E-state index contributed by atoms with van der Waals surface area (Å²) in [5.74, 6) is 0.712. The first-order valence-corrected chi connectivity index (χ1v) is 7.03. The van der Waals surface area contributed by atoms with Gasteiger partial charge in [0, 0.05) is 25.1 Å². The zero-order valence-electron chi connectivity index (χ0n) is 11.0. The lowest BCUT2D eigenvalue weighted by Crippen LogP contribution is -2.19. The van der Waals surface area contributed by atoms with Crippen LogP contribution < -0.4 is 5.32 Å². The fourth-order valence-electron chi connectivity index (χ4n) is 1.62. The average Bonchev–Trinajstić information content (AvgIpc) is 3.15. The standard InChI is InChI=1S/C14H24NOP/c1-4-13(16)8-5-10(2)11(3)15-9-14(17)12-6-7-12/h10,15H,3-9,17H2,1-2H3. The highest BCUT2D eigenvalue weighted by atomic mass is 31.0. The first kappa shape index (κ1) is 14.4. The molecule has 0 aromatic carbocycles. The van der Waals surface area contributed by atoms with Gasteiger partial charge in [0.25, 0.3) is 0 Å². The quantitative estimate of drug-likeness (QED) is 0.672. The lowest BCUT2D eigenvalue weighted by molar-refractivity contribution is -0.118. The second-order valence-corrected chi connectivity index (χ2v) is 5.54. The van der Waals surface area contributed by atoms with Crippen molar-refractivity contribution in [2.24, 2.45) is 5.92 Å². The Bertz CT molecular complexity index is 327. The van der Waals surface area contributed by atoms with Crippen LogP contribution in [-0.2, 0) is 4.79 Å². The zero-order valence-corrected chi connectivity index (χ0v) is 12.2. The summed E-state index contributed by atoms with van der Waals surface area (Å²) in [6.07, 6.45) is 4.74. The first-order chi connectivity index (χ1) is 8.04. The molecule has 1 fully saturated rings. The molecule has 0 aromatic rings. The van der Waals surface area contributed by atoms with Crippen LogP contribution in [0.3, 0.4) is 0 Å². The lowest BCUT2D eigenvalue weighted by Gasteiger charge is -2.16. The molecule has 1 saturated carbocycles. The highest BCUT2D eigenvalue weighted by Crippen LogP contribution is 2.34. The molecule has 96 valence electrons. The third kappa shape index (κ3) is 5.50. The Balaban J connectivity index is 2.22. The van der Waals surface area contributed by atoms with Crippen molar-refractivity contribution in [2.75, 3.05) is 6.54 Å². The van der Waals surface area contributed by atoms with Crippen molar-refractivity contribution >= 4 is 15.0 Å². The van der Waals surface area contributed by atoms with Gasteiger partial charge in [0.2, 0.25) is 0 Å². The van der Waals surface area contributed by atoms with E-state index >= 15 is 0 Å². The fraction of sp³-hybridized carbons (Fsp3) is 0.643. The lowest BCUT2D eigenvalue weighted by atomic mass is 10.00. The third-order valence-electron chi connectivity index (χ3n) is 3.31. The van der Waals surface area contributed by atoms with Gasteiger partial charge >= 0.3 is 0 Å². The number of carbonyl (C=O) groups excluding carboxylic acids is 1. The van der Waals surface area contributed by atoms with Crippen LogP contribution in [-0.4, -0.2) is 12.3 Å². The van der Waals surface area contributed by atoms with Crippen molar-refractivity contribution in [1.82, 2.24) is 5.32 Å². The molecule has 0 aliphatic heterocycles. The normalized spacial score (nSPS) is 15.4. The molecule has 1 aliphatic rings. The Hall–Kier alpha value is -0.620. The van der Waals surface area contributed by atoms with Gasteiger partial charge in [-0.25, -0.2) is 0 Å². The number of hydrogen-bond donors (Lipinski definition) is 1. The summed E-state index contributed by atoms with van der Waals surface area (Å²) in [5, 5.41) is 4.74. The smallest absolute Gasteiger partial charge is 0.132 e. The highest BCUT2D eigenvalue weighted by Gasteiger charge is 2.15. The van der Waals surface area contributed by atoms with E-state index in [0.29, 0.717) is 24.5 Å². The highest BCUT2D eigenvalue weighted by molar-refractivity contribution is 7.22. The fourth-order valence-corrected chi connectivity index (χ4v) is 2.01. The molecule has 0 heterocycles. The van der Waals surface area contributed by atoms with Crippen LogP contribution in [0.2, 0.25) is 0 Å². The average molecular weight is 253 g/mol. The minimum absolute atomic E-state index is 0.344. The molecule has 0 radical (unpaired) electrons. The molecule has 0 aromatic heterocycles. The molecule has 2 nitrogen and oxygen atoms in total. The summed E-state index contributed by atoms with van der Waals surface area (Å²) >= 11 is 0. The van der Waals surface area contributed by atoms with Crippen LogP contribution in [0, 0.1) is 5.92 Å². The van der Waals surface area contributed by atoms with E-state index in [-0.39, 0.29) is 0 Å². The second kappa shape index (κ2) is 6.96. The number of carbonyl (C=O) groups is 1. The predicted molar refractivity (Wildman–Crippen MR) is 76.8 cm³/mol. The van der Waals surface area contributed by atoms with Crippen LogP contribution in [0.15, 0.2) is 23.2 Å². The summed E-state index contributed by atoms with van der Waals surface area (Å²) < 4.78 is 0. The molecule has 1 aliphatic carbocycles. The Morgan fingerprint density at radius 2 is 2.18 bits per heavy atom. The maximum Gasteiger partial charge on any atom is 0.132 e. The van der Waals surface area contributed by atoms with E-state index in [2.05, 4.69) is 28.1 Å². The van der Waals surface area contributed by atoms with E-state index in [1.807, 2.05) is 6.92 Å². The topological polar surface area (TPSA) is 29.1 Å². The molecule has 1 rings (SSSR count). The summed E-state index contributed by atoms with van der Waals surface area (Å²) in [7, 11) is 2.81. The SMILES string of the molecule is C=C(NCC(P)=C1CC1)C(C)CCC(=O)CC. The van der Waals surface area contributed by atoms with Gasteiger partial charge in [-0.15, -0.1) is 9.24 Å². The van der Waals surface area contributed by atoms with Crippen molar-refractivity contribution in [2.45, 2.75) is 46.0 Å². The van der Waals surface area contributed by atoms with E-state index < -0.39 is 0 Å². The van der Waals surface area contributed by atoms with E-state index in [9.17, 15) is 4.79 Å². The third-order valence-corrected chi connectivity index (χ3v) is 3.92. The van der Waals surface area contributed by atoms with E-state index in [4.69, 9.17) is 0 Å². The summed E-state index contributed by atoms with van der Waals surface area (Å²) in [6.45, 7) is 8.98. The van der Waals surface area contributed by atoms with Crippen LogP contribution in [0.25, 0.3) is 0 Å². The van der Waals surface area contributed by atoms with Gasteiger partial charge in [-0.3, -0.25) is 4.79 Å². The van der Waals surface area contributed by atoms with Gasteiger partial charge in [0.15, 0.2) is 0 Å². The van der Waals surface area contributed by atoms with Crippen molar-refractivity contribution < 1.29 is 4.79 Å². The molecule has 1 N–H and O–H groups in total. The molecule has 2 atom stereocenters. The number of Topliss-reactive ketones (excluding diaryl/α,β-unsaturated/α-hetero) is 1. The van der Waals surface area contributed by atoms with Crippen molar-refractivity contribution in [3.8, 4) is 0 Å². The molecule has 0 amide bonds. The molecular formula is C14H24NOP. The van der Waals surface area contributed by atoms with Gasteiger partial charge in [-0.2, -0.15) is 0 Å². The molecule has 0 saturated heterocycles. The Morgan fingerprint density at radius 3 is 2.71 bits per heavy atom. The number of ketones is 1. The molecule has 2 unspecified atom stereocenters. The number of rotatable bonds is 8. The number of nitrogens with one attached hydrogen (secondary N) is 1. The van der Waals surface area contributed by atoms with Gasteiger partial charge < -0.3 is 5.32 Å². The van der Waals surface area contributed by atoms with Gasteiger partial charge in [-0.05, 0) is 30.5 Å². The molecular weight excluding hydrogens is 229 g/mol. The van der Waals surface area contributed by atoms with Crippen LogP contribution in [0.5, 0.6) is 0 Å². The minimum atomic E-state index is 0.344. The van der Waals surface area contributed by atoms with Gasteiger partial charge in [0.1, 0.15) is 5.78 Å². The molecule has 0 spiro atoms. The number of hydrogen-bond acceptors (Lipinski definition) is 2. The maximum atomic E-state index is 11.2. The van der Waals surface area contributed by atoms with Crippen LogP contribution >= 0.6 is 9.24 Å². The largest absolute Gasteiger partial charge is 0.385 e. The molecule has 0 bridgehead atoms. The Labute approximate surface area is 107 Å². The van der Waals surface area contributed by atoms with Gasteiger partial charge in [0.05, 0.1) is 0 Å². The monoisotopic (exact) mass is 253 g/mol. The summed E-state index contributed by atoms with van der Waals surface area (Å²) in [5.41, 5.74) is 2.61. The predicted octanol–water partition coefficient (Wildman–Crippen LogP) is 3.41. The number of allylic oxidation sites excluding steroid dienone is 2. The maximum absolute atomic E-state index is 11.2. The molecule has 3 heteroatoms. The zero-order chi connectivity index (χ0) is 12.8. The van der Waals surface area contributed by atoms with E-state index in [0.717, 1.165) is 18.7 Å². The van der Waals surface area contributed by atoms with Gasteiger partial charge in [-0.1, -0.05) is 26.0 Å². The molecule has 17 heavy (non-hydrogen) atoms. The van der Waals surface area contributed by atoms with Crippen molar-refractivity contribution in [3.05, 3.63) is 23.2 Å². The van der Waals surface area contributed by atoms with Crippen LogP contribution in [0.1, 0.15) is 46.0 Å². The first-order valence-electron chi connectivity index (χ1n) is 6.45. The Kier molecular flexibility index (Phi) is 5.91. The summed E-state index contributed by atoms with van der Waals surface area (Å²) in [4.78, 5) is 11.2. The minimum Gasteiger partial charge on any atom is -0.385 e. The van der Waals surface area contributed by atoms with Crippen LogP contribution in [0.4, 0.5) is 0 Å². The van der Waals surface area contributed by atoms with Crippen molar-refractivity contribution in [3.63, 3.8) is 0 Å².